The minimum absolute atomic E-state index is 0.0884. The summed E-state index contributed by atoms with van der Waals surface area (Å²) in [7, 11) is 0. The van der Waals surface area contributed by atoms with E-state index >= 15 is 0 Å². The van der Waals surface area contributed by atoms with Crippen molar-refractivity contribution in [3.8, 4) is 0 Å². The van der Waals surface area contributed by atoms with Crippen molar-refractivity contribution in [1.82, 2.24) is 9.97 Å². The van der Waals surface area contributed by atoms with Gasteiger partial charge in [0.05, 0.1) is 11.5 Å². The van der Waals surface area contributed by atoms with E-state index < -0.39 is 11.8 Å². The second-order valence-electron chi connectivity index (χ2n) is 7.85. The molecule has 1 saturated heterocycles. The number of aryl methyl sites for hydroxylation is 1. The van der Waals surface area contributed by atoms with E-state index in [-0.39, 0.29) is 35.3 Å². The third-order valence-electron chi connectivity index (χ3n) is 5.62. The Hall–Kier alpha value is -3.16. The zero-order valence-electron chi connectivity index (χ0n) is 16.6. The first-order valence-electron chi connectivity index (χ1n) is 10.0. The number of rotatable bonds is 3. The Morgan fingerprint density at radius 1 is 1.28 bits per heavy atom. The van der Waals surface area contributed by atoms with Crippen molar-refractivity contribution >= 4 is 29.3 Å². The van der Waals surface area contributed by atoms with Crippen molar-refractivity contribution < 1.29 is 9.59 Å². The average Bonchev–Trinajstić information content (AvgIpc) is 2.67. The number of anilines is 3. The minimum atomic E-state index is -0.886. The fourth-order valence-corrected chi connectivity index (χ4v) is 4.08. The maximum Gasteiger partial charge on any atom is 0.258 e. The largest absolute Gasteiger partial charge is 0.340 e. The first-order valence-corrected chi connectivity index (χ1v) is 10.0. The van der Waals surface area contributed by atoms with E-state index in [9.17, 15) is 14.4 Å². The zero-order valence-corrected chi connectivity index (χ0v) is 16.6. The van der Waals surface area contributed by atoms with E-state index in [0.29, 0.717) is 11.6 Å². The summed E-state index contributed by atoms with van der Waals surface area (Å²) in [6.07, 6.45) is 3.10. The molecule has 0 unspecified atom stereocenters. The fraction of sp³-hybridized carbons (Fsp3) is 0.429. The number of fused-ring (bicyclic) bond motifs is 1. The summed E-state index contributed by atoms with van der Waals surface area (Å²) < 4.78 is 0. The molecule has 2 amide bonds. The first kappa shape index (κ1) is 19.2. The van der Waals surface area contributed by atoms with Crippen LogP contribution in [0.5, 0.6) is 0 Å². The van der Waals surface area contributed by atoms with Crippen LogP contribution < -0.4 is 21.1 Å². The Kier molecular flexibility index (Phi) is 5.08. The number of nitrogens with zero attached hydrogens (tertiary/aromatic N) is 2. The summed E-state index contributed by atoms with van der Waals surface area (Å²) >= 11 is 0. The van der Waals surface area contributed by atoms with Gasteiger partial charge in [0, 0.05) is 24.7 Å². The summed E-state index contributed by atoms with van der Waals surface area (Å²) in [5.41, 5.74) is 1.46. The lowest BCUT2D eigenvalue weighted by Crippen LogP contribution is -2.42. The Labute approximate surface area is 168 Å². The van der Waals surface area contributed by atoms with E-state index in [2.05, 4.69) is 27.5 Å². The standard InChI is InChI=1S/C21H25N5O3/c1-12-6-5-8-14(10-12)22-19(28)15-11-16(27)23-18-17(15)20(29)25-21(24-18)26-9-4-3-7-13(26)2/h5-6,8,10,13,15H,3-4,7,9,11H2,1-2H3,(H,22,28)(H2,23,24,25,27,29)/t13-,15-/m0/s1. The van der Waals surface area contributed by atoms with Gasteiger partial charge in [0.25, 0.3) is 5.56 Å². The van der Waals surface area contributed by atoms with Crippen LogP contribution >= 0.6 is 0 Å². The molecule has 29 heavy (non-hydrogen) atoms. The van der Waals surface area contributed by atoms with Crippen molar-refractivity contribution in [3.05, 3.63) is 45.7 Å². The molecule has 0 aliphatic carbocycles. The fourth-order valence-electron chi connectivity index (χ4n) is 4.08. The molecule has 0 spiro atoms. The summed E-state index contributed by atoms with van der Waals surface area (Å²) in [5.74, 6) is -0.970. The molecule has 1 fully saturated rings. The quantitative estimate of drug-likeness (QED) is 0.740. The van der Waals surface area contributed by atoms with Gasteiger partial charge in [-0.25, -0.2) is 0 Å². The van der Waals surface area contributed by atoms with Crippen molar-refractivity contribution in [2.75, 3.05) is 22.1 Å². The van der Waals surface area contributed by atoms with Gasteiger partial charge in [-0.3, -0.25) is 19.4 Å². The predicted molar refractivity (Wildman–Crippen MR) is 111 cm³/mol. The highest BCUT2D eigenvalue weighted by atomic mass is 16.2. The lowest BCUT2D eigenvalue weighted by atomic mass is 9.92. The molecule has 2 aliphatic heterocycles. The van der Waals surface area contributed by atoms with Crippen molar-refractivity contribution in [2.45, 2.75) is 51.5 Å². The van der Waals surface area contributed by atoms with E-state index in [1.165, 1.54) is 0 Å². The maximum absolute atomic E-state index is 12.9. The van der Waals surface area contributed by atoms with Gasteiger partial charge in [-0.05, 0) is 50.8 Å². The van der Waals surface area contributed by atoms with E-state index in [1.807, 2.05) is 30.0 Å². The van der Waals surface area contributed by atoms with Gasteiger partial charge in [0.15, 0.2) is 0 Å². The van der Waals surface area contributed by atoms with Gasteiger partial charge >= 0.3 is 0 Å². The summed E-state index contributed by atoms with van der Waals surface area (Å²) in [6.45, 7) is 4.82. The number of benzene rings is 1. The highest BCUT2D eigenvalue weighted by molar-refractivity contribution is 6.04. The summed E-state index contributed by atoms with van der Waals surface area (Å²) in [4.78, 5) is 47.5. The topological polar surface area (TPSA) is 107 Å². The van der Waals surface area contributed by atoms with Crippen LogP contribution in [-0.4, -0.2) is 34.4 Å². The van der Waals surface area contributed by atoms with Crippen LogP contribution in [0.2, 0.25) is 0 Å². The number of hydrogen-bond donors (Lipinski definition) is 3. The molecule has 1 aromatic heterocycles. The van der Waals surface area contributed by atoms with Gasteiger partial charge in [0.2, 0.25) is 17.8 Å². The molecule has 0 bridgehead atoms. The molecule has 8 nitrogen and oxygen atoms in total. The van der Waals surface area contributed by atoms with Gasteiger partial charge in [0.1, 0.15) is 5.82 Å². The van der Waals surface area contributed by atoms with Crippen LogP contribution in [0.4, 0.5) is 17.5 Å². The third-order valence-corrected chi connectivity index (χ3v) is 5.62. The van der Waals surface area contributed by atoms with Crippen LogP contribution in [0.25, 0.3) is 0 Å². The Morgan fingerprint density at radius 3 is 2.86 bits per heavy atom. The highest BCUT2D eigenvalue weighted by Crippen LogP contribution is 2.31. The van der Waals surface area contributed by atoms with Crippen molar-refractivity contribution in [2.24, 2.45) is 0 Å². The number of carbonyl (C=O) groups excluding carboxylic acids is 2. The Balaban J connectivity index is 1.66. The van der Waals surface area contributed by atoms with E-state index in [1.54, 1.807) is 6.07 Å². The Morgan fingerprint density at radius 2 is 2.10 bits per heavy atom. The number of H-pyrrole nitrogens is 1. The molecule has 2 atom stereocenters. The molecule has 8 heteroatoms. The number of aromatic nitrogens is 2. The Bertz CT molecular complexity index is 1020. The van der Waals surface area contributed by atoms with Crippen LogP contribution in [0.15, 0.2) is 29.1 Å². The average molecular weight is 395 g/mol. The maximum atomic E-state index is 12.9. The van der Waals surface area contributed by atoms with Crippen LogP contribution in [0.1, 0.15) is 49.7 Å². The van der Waals surface area contributed by atoms with Crippen LogP contribution in [0.3, 0.4) is 0 Å². The number of hydrogen-bond acceptors (Lipinski definition) is 5. The second kappa shape index (κ2) is 7.69. The minimum Gasteiger partial charge on any atom is -0.340 e. The third kappa shape index (κ3) is 3.87. The van der Waals surface area contributed by atoms with E-state index in [0.717, 1.165) is 31.4 Å². The van der Waals surface area contributed by atoms with Gasteiger partial charge in [-0.2, -0.15) is 4.98 Å². The molecule has 1 aromatic carbocycles. The van der Waals surface area contributed by atoms with Gasteiger partial charge in [-0.15, -0.1) is 0 Å². The van der Waals surface area contributed by atoms with Gasteiger partial charge < -0.3 is 15.5 Å². The van der Waals surface area contributed by atoms with Crippen molar-refractivity contribution in [1.29, 1.82) is 0 Å². The zero-order chi connectivity index (χ0) is 20.5. The smallest absolute Gasteiger partial charge is 0.258 e. The molecule has 2 aromatic rings. The summed E-state index contributed by atoms with van der Waals surface area (Å²) in [5, 5.41) is 5.49. The molecular formula is C21H25N5O3. The molecule has 0 radical (unpaired) electrons. The number of carbonyl (C=O) groups is 2. The van der Waals surface area contributed by atoms with Crippen LogP contribution in [0, 0.1) is 6.92 Å². The monoisotopic (exact) mass is 395 g/mol. The highest BCUT2D eigenvalue weighted by Gasteiger charge is 2.35. The lowest BCUT2D eigenvalue weighted by molar-refractivity contribution is -0.123. The molecule has 4 rings (SSSR count). The molecule has 3 heterocycles. The van der Waals surface area contributed by atoms with Gasteiger partial charge in [-0.1, -0.05) is 12.1 Å². The number of aromatic amines is 1. The van der Waals surface area contributed by atoms with Crippen LogP contribution in [-0.2, 0) is 9.59 Å². The first-order chi connectivity index (χ1) is 13.9. The number of amides is 2. The summed E-state index contributed by atoms with van der Waals surface area (Å²) in [6, 6.07) is 7.64. The molecule has 2 aliphatic rings. The van der Waals surface area contributed by atoms with E-state index in [4.69, 9.17) is 0 Å². The lowest BCUT2D eigenvalue weighted by Gasteiger charge is -2.34. The second-order valence-corrected chi connectivity index (χ2v) is 7.85. The van der Waals surface area contributed by atoms with Crippen molar-refractivity contribution in [3.63, 3.8) is 0 Å². The predicted octanol–water partition coefficient (Wildman–Crippen LogP) is 2.52. The SMILES string of the molecule is Cc1cccc(NC(=O)[C@H]2CC(=O)Nc3nc(N4CCCC[C@@H]4C)[nH]c(=O)c32)c1. The normalized spacial score (nSPS) is 21.3. The molecular weight excluding hydrogens is 370 g/mol. The molecule has 0 saturated carbocycles. The molecule has 152 valence electrons. The number of piperidine rings is 1. The number of nitrogens with one attached hydrogen (secondary N) is 3. The molecule has 3 N–H and O–H groups in total.